The van der Waals surface area contributed by atoms with Crippen LogP contribution in [0, 0.1) is 50.2 Å². The van der Waals surface area contributed by atoms with E-state index < -0.39 is 78.2 Å². The van der Waals surface area contributed by atoms with Gasteiger partial charge in [-0.2, -0.15) is 0 Å². The molecule has 2 heterocycles. The van der Waals surface area contributed by atoms with Crippen LogP contribution in [0.5, 0.6) is 0 Å². The highest BCUT2D eigenvalue weighted by Gasteiger charge is 2.70. The fraction of sp³-hybridized carbons (Fsp3) is 0.927. The lowest BCUT2D eigenvalue weighted by molar-refractivity contribution is -0.365. The molecule has 0 amide bonds. The van der Waals surface area contributed by atoms with Gasteiger partial charge < -0.3 is 54.7 Å². The first-order valence-electron chi connectivity index (χ1n) is 20.2. The molecule has 18 atom stereocenters. The van der Waals surface area contributed by atoms with Gasteiger partial charge in [0.15, 0.2) is 12.6 Å². The predicted octanol–water partition coefficient (Wildman–Crippen LogP) is 3.52. The van der Waals surface area contributed by atoms with Crippen molar-refractivity contribution in [3.63, 3.8) is 0 Å². The zero-order chi connectivity index (χ0) is 38.7. The number of carbonyl (C=O) groups is 1. The van der Waals surface area contributed by atoms with E-state index >= 15 is 0 Å². The zero-order valence-corrected chi connectivity index (χ0v) is 32.7. The molecule has 53 heavy (non-hydrogen) atoms. The maximum Gasteiger partial charge on any atom is 0.310 e. The molecule has 12 heteroatoms. The summed E-state index contributed by atoms with van der Waals surface area (Å²) in [6.45, 7) is 15.1. The van der Waals surface area contributed by atoms with Crippen LogP contribution in [-0.4, -0.2) is 116 Å². The van der Waals surface area contributed by atoms with Crippen LogP contribution in [0.3, 0.4) is 0 Å². The molecule has 0 bridgehead atoms. The standard InChI is InChI=1S/C41H66O12/c1-21-28(44)30(46)31(47)33(51-21)53-32-29(45)24(43)19-50-34(32)52-27-11-12-37(4)25(38(27,5)20-42)10-13-40(7)26(37)9-8-22-23-18-36(2,3)14-16-41(23,35(48)49)17-15-39(22,40)6/h8,21,23-34,42-47H,9-20H2,1-7H3,(H,48,49)/t21-,23-,24-,25-,26+,27+,28-,29-,30+,31+,32-,33+,34-,37+,38-,39+,40+,41-/m0/s1. The van der Waals surface area contributed by atoms with Crippen molar-refractivity contribution in [2.45, 2.75) is 174 Å². The van der Waals surface area contributed by atoms with Crippen LogP contribution in [0.4, 0.5) is 0 Å². The summed E-state index contributed by atoms with van der Waals surface area (Å²) in [6.07, 6.45) is -1.79. The molecule has 0 aromatic carbocycles. The second-order valence-electron chi connectivity index (χ2n) is 20.0. The molecule has 7 rings (SSSR count). The van der Waals surface area contributed by atoms with E-state index in [1.54, 1.807) is 0 Å². The second kappa shape index (κ2) is 13.5. The third kappa shape index (κ3) is 5.85. The fourth-order valence-electron chi connectivity index (χ4n) is 13.3. The average Bonchev–Trinajstić information content (AvgIpc) is 3.10. The van der Waals surface area contributed by atoms with Gasteiger partial charge in [0.2, 0.25) is 0 Å². The van der Waals surface area contributed by atoms with Gasteiger partial charge in [0.05, 0.1) is 30.8 Å². The van der Waals surface area contributed by atoms with Crippen molar-refractivity contribution in [2.24, 2.45) is 50.2 Å². The summed E-state index contributed by atoms with van der Waals surface area (Å²) in [5.41, 5.74) is -0.239. The number of ether oxygens (including phenoxy) is 4. The zero-order valence-electron chi connectivity index (χ0n) is 32.7. The van der Waals surface area contributed by atoms with Crippen LogP contribution in [-0.2, 0) is 23.7 Å². The van der Waals surface area contributed by atoms with Crippen LogP contribution in [0.25, 0.3) is 0 Å². The topological polar surface area (TPSA) is 196 Å². The monoisotopic (exact) mass is 750 g/mol. The Labute approximate surface area is 314 Å². The third-order valence-corrected chi connectivity index (χ3v) is 17.0. The molecule has 0 radical (unpaired) electrons. The number of aliphatic carboxylic acids is 1. The molecule has 4 saturated carbocycles. The Bertz CT molecular complexity index is 1440. The largest absolute Gasteiger partial charge is 0.481 e. The smallest absolute Gasteiger partial charge is 0.310 e. The highest BCUT2D eigenvalue weighted by atomic mass is 16.8. The third-order valence-electron chi connectivity index (χ3n) is 17.0. The van der Waals surface area contributed by atoms with E-state index in [1.165, 1.54) is 12.5 Å². The first-order chi connectivity index (χ1) is 24.7. The lowest BCUT2D eigenvalue weighted by Gasteiger charge is -2.71. The van der Waals surface area contributed by atoms with E-state index in [0.717, 1.165) is 51.4 Å². The van der Waals surface area contributed by atoms with Gasteiger partial charge in [0.1, 0.15) is 36.6 Å². The van der Waals surface area contributed by atoms with E-state index in [2.05, 4.69) is 47.6 Å². The second-order valence-corrected chi connectivity index (χ2v) is 20.0. The number of allylic oxidation sites excluding steroid dienone is 2. The van der Waals surface area contributed by atoms with Crippen molar-refractivity contribution >= 4 is 5.97 Å². The predicted molar refractivity (Wildman–Crippen MR) is 192 cm³/mol. The Hall–Kier alpha value is -1.19. The first kappa shape index (κ1) is 40.0. The van der Waals surface area contributed by atoms with Gasteiger partial charge in [0.25, 0.3) is 0 Å². The molecule has 0 unspecified atom stereocenters. The number of fused-ring (bicyclic) bond motifs is 7. The van der Waals surface area contributed by atoms with E-state index in [9.17, 15) is 40.5 Å². The SMILES string of the molecule is C[C@@H]1O[C@H](O[C@@H]2[C@H](O[C@@H]3CC[C@]4(C)[C@H](CC[C@]5(C)[C@@H]4CC=C4[C@@H]6CC(C)(C)CC[C@]6(C(=O)O)CC[C@]45C)[C@]3(C)CO)OC[C@H](O)[C@@H]2O)[C@H](O)[C@H](O)[C@H]1O. The van der Waals surface area contributed by atoms with Gasteiger partial charge in [0, 0.05) is 5.41 Å². The Balaban J connectivity index is 1.15. The lowest BCUT2D eigenvalue weighted by Crippen LogP contribution is -2.67. The molecule has 12 nitrogen and oxygen atoms in total. The van der Waals surface area contributed by atoms with Crippen LogP contribution < -0.4 is 0 Å². The summed E-state index contributed by atoms with van der Waals surface area (Å²) in [7, 11) is 0. The molecule has 7 aliphatic rings. The summed E-state index contributed by atoms with van der Waals surface area (Å²) in [6, 6.07) is 0. The number of aliphatic hydroxyl groups is 6. The molecule has 302 valence electrons. The van der Waals surface area contributed by atoms with Crippen LogP contribution in [0.15, 0.2) is 11.6 Å². The maximum absolute atomic E-state index is 13.0. The van der Waals surface area contributed by atoms with Crippen molar-refractivity contribution in [3.8, 4) is 0 Å². The Morgan fingerprint density at radius 1 is 0.830 bits per heavy atom. The number of hydrogen-bond donors (Lipinski definition) is 7. The van der Waals surface area contributed by atoms with Gasteiger partial charge in [-0.25, -0.2) is 0 Å². The average molecular weight is 751 g/mol. The van der Waals surface area contributed by atoms with Gasteiger partial charge in [-0.1, -0.05) is 53.2 Å². The van der Waals surface area contributed by atoms with Crippen molar-refractivity contribution in [1.82, 2.24) is 0 Å². The molecule has 2 aliphatic heterocycles. The molecule has 2 saturated heterocycles. The summed E-state index contributed by atoms with van der Waals surface area (Å²) >= 11 is 0. The van der Waals surface area contributed by atoms with E-state index in [0.29, 0.717) is 18.8 Å². The minimum atomic E-state index is -1.62. The maximum atomic E-state index is 13.0. The molecule has 6 fully saturated rings. The van der Waals surface area contributed by atoms with Crippen LogP contribution in [0.2, 0.25) is 0 Å². The van der Waals surface area contributed by atoms with Crippen molar-refractivity contribution in [2.75, 3.05) is 13.2 Å². The molecule has 7 N–H and O–H groups in total. The molecule has 0 spiro atoms. The number of aliphatic hydroxyl groups excluding tert-OH is 6. The number of hydrogen-bond acceptors (Lipinski definition) is 11. The molecule has 0 aromatic rings. The highest BCUT2D eigenvalue weighted by molar-refractivity contribution is 5.76. The van der Waals surface area contributed by atoms with Gasteiger partial charge in [-0.3, -0.25) is 4.79 Å². The van der Waals surface area contributed by atoms with Gasteiger partial charge >= 0.3 is 5.97 Å². The minimum absolute atomic E-state index is 0.0360. The van der Waals surface area contributed by atoms with Crippen molar-refractivity contribution < 1.29 is 59.5 Å². The number of rotatable bonds is 6. The fourth-order valence-corrected chi connectivity index (χ4v) is 13.3. The summed E-state index contributed by atoms with van der Waals surface area (Å²) in [5.74, 6) is -0.194. The van der Waals surface area contributed by atoms with E-state index in [4.69, 9.17) is 18.9 Å². The molecular formula is C41H66O12. The van der Waals surface area contributed by atoms with Gasteiger partial charge in [-0.15, -0.1) is 0 Å². The van der Waals surface area contributed by atoms with E-state index in [-0.39, 0.29) is 46.7 Å². The quantitative estimate of drug-likeness (QED) is 0.155. The Morgan fingerprint density at radius 3 is 2.21 bits per heavy atom. The first-order valence-corrected chi connectivity index (χ1v) is 20.2. The molecule has 5 aliphatic carbocycles. The summed E-state index contributed by atoms with van der Waals surface area (Å²) < 4.78 is 24.3. The van der Waals surface area contributed by atoms with Crippen molar-refractivity contribution in [3.05, 3.63) is 11.6 Å². The van der Waals surface area contributed by atoms with Crippen LogP contribution in [0.1, 0.15) is 113 Å². The van der Waals surface area contributed by atoms with E-state index in [1.807, 2.05) is 0 Å². The van der Waals surface area contributed by atoms with Crippen LogP contribution >= 0.6 is 0 Å². The summed E-state index contributed by atoms with van der Waals surface area (Å²) in [4.78, 5) is 13.0. The minimum Gasteiger partial charge on any atom is -0.481 e. The number of carboxylic acids is 1. The normalized spacial score (nSPS) is 55.1. The van der Waals surface area contributed by atoms with Gasteiger partial charge in [-0.05, 0) is 111 Å². The summed E-state index contributed by atoms with van der Waals surface area (Å²) in [5, 5.41) is 74.9. The number of carboxylic acid groups (broad SMARTS) is 1. The van der Waals surface area contributed by atoms with Crippen molar-refractivity contribution in [1.29, 1.82) is 0 Å². The molecule has 0 aromatic heterocycles. The Kier molecular flexibility index (Phi) is 10.2. The highest BCUT2D eigenvalue weighted by Crippen LogP contribution is 2.76. The lowest BCUT2D eigenvalue weighted by atomic mass is 9.33. The molecular weight excluding hydrogens is 684 g/mol. The Morgan fingerprint density at radius 2 is 1.53 bits per heavy atom.